The van der Waals surface area contributed by atoms with Gasteiger partial charge in [-0.3, -0.25) is 0 Å². The molecular weight excluding hydrogens is 168 g/mol. The molecule has 0 spiro atoms. The highest BCUT2D eigenvalue weighted by molar-refractivity contribution is 5.60. The van der Waals surface area contributed by atoms with E-state index >= 15 is 0 Å². The van der Waals surface area contributed by atoms with Gasteiger partial charge in [0.2, 0.25) is 0 Å². The zero-order valence-electron chi connectivity index (χ0n) is 9.09. The molecule has 1 aliphatic rings. The molecule has 14 heavy (non-hydrogen) atoms. The van der Waals surface area contributed by atoms with Crippen molar-refractivity contribution in [1.29, 1.82) is 0 Å². The van der Waals surface area contributed by atoms with Crippen molar-refractivity contribution in [2.24, 2.45) is 5.92 Å². The Balaban J connectivity index is 2.37. The number of fused-ring (bicyclic) bond motifs is 1. The van der Waals surface area contributed by atoms with Crippen molar-refractivity contribution in [1.82, 2.24) is 0 Å². The van der Waals surface area contributed by atoms with Crippen molar-refractivity contribution in [2.75, 3.05) is 0 Å². The van der Waals surface area contributed by atoms with Gasteiger partial charge in [0.25, 0.3) is 0 Å². The maximum Gasteiger partial charge on any atom is -0.0195 e. The molecule has 1 aromatic rings. The largest absolute Gasteiger partial charge is 0.0836 e. The van der Waals surface area contributed by atoms with Gasteiger partial charge < -0.3 is 0 Å². The highest BCUT2D eigenvalue weighted by atomic mass is 14.1. The van der Waals surface area contributed by atoms with E-state index in [9.17, 15) is 0 Å². The van der Waals surface area contributed by atoms with Crippen LogP contribution in [-0.2, 0) is 12.8 Å². The van der Waals surface area contributed by atoms with Gasteiger partial charge >= 0.3 is 0 Å². The molecule has 0 heterocycles. The highest BCUT2D eigenvalue weighted by Crippen LogP contribution is 2.24. The van der Waals surface area contributed by atoms with E-state index in [-0.39, 0.29) is 0 Å². The van der Waals surface area contributed by atoms with Crippen molar-refractivity contribution in [3.8, 4) is 0 Å². The second-order valence-electron chi connectivity index (χ2n) is 4.53. The van der Waals surface area contributed by atoms with Crippen LogP contribution in [0.3, 0.4) is 0 Å². The summed E-state index contributed by atoms with van der Waals surface area (Å²) < 4.78 is 0. The summed E-state index contributed by atoms with van der Waals surface area (Å²) in [7, 11) is 0. The molecule has 0 aromatic heterocycles. The topological polar surface area (TPSA) is 0 Å². The van der Waals surface area contributed by atoms with Gasteiger partial charge in [0.05, 0.1) is 0 Å². The highest BCUT2D eigenvalue weighted by Gasteiger charge is 2.09. The minimum absolute atomic E-state index is 0.747. The molecule has 0 radical (unpaired) electrons. The van der Waals surface area contributed by atoms with Gasteiger partial charge in [-0.15, -0.1) is 0 Å². The third-order valence-electron chi connectivity index (χ3n) is 2.78. The van der Waals surface area contributed by atoms with Gasteiger partial charge in [-0.2, -0.15) is 0 Å². The summed E-state index contributed by atoms with van der Waals surface area (Å²) in [5, 5.41) is 0. The summed E-state index contributed by atoms with van der Waals surface area (Å²) in [5.74, 6) is 0.747. The fourth-order valence-corrected chi connectivity index (χ4v) is 2.16. The van der Waals surface area contributed by atoms with Crippen LogP contribution >= 0.6 is 0 Å². The quantitative estimate of drug-likeness (QED) is 0.658. The van der Waals surface area contributed by atoms with Crippen LogP contribution in [0.4, 0.5) is 0 Å². The van der Waals surface area contributed by atoms with Crippen LogP contribution in [-0.4, -0.2) is 0 Å². The van der Waals surface area contributed by atoms with Crippen molar-refractivity contribution < 1.29 is 0 Å². The van der Waals surface area contributed by atoms with Crippen LogP contribution in [0.5, 0.6) is 0 Å². The molecule has 0 saturated heterocycles. The van der Waals surface area contributed by atoms with Gasteiger partial charge in [0, 0.05) is 0 Å². The van der Waals surface area contributed by atoms with Crippen LogP contribution in [0, 0.1) is 5.92 Å². The Hall–Kier alpha value is -1.04. The Bertz CT molecular complexity index is 345. The van der Waals surface area contributed by atoms with E-state index in [1.54, 1.807) is 0 Å². The summed E-state index contributed by atoms with van der Waals surface area (Å²) in [4.78, 5) is 0. The lowest BCUT2D eigenvalue weighted by molar-refractivity contribution is 0.645. The molecule has 0 bridgehead atoms. The smallest absolute Gasteiger partial charge is 0.0195 e. The number of aryl methyl sites for hydroxylation is 1. The predicted octanol–water partition coefficient (Wildman–Crippen LogP) is 3.84. The lowest BCUT2D eigenvalue weighted by atomic mass is 9.90. The Kier molecular flexibility index (Phi) is 2.72. The summed E-state index contributed by atoms with van der Waals surface area (Å²) in [5.41, 5.74) is 4.55. The Morgan fingerprint density at radius 1 is 1.29 bits per heavy atom. The first kappa shape index (κ1) is 9.51. The molecule has 0 N–H and O–H groups in total. The molecule has 0 nitrogen and oxygen atoms in total. The zero-order valence-corrected chi connectivity index (χ0v) is 9.09. The van der Waals surface area contributed by atoms with E-state index in [4.69, 9.17) is 0 Å². The van der Waals surface area contributed by atoms with Gasteiger partial charge in [0.1, 0.15) is 0 Å². The van der Waals surface area contributed by atoms with Crippen LogP contribution < -0.4 is 0 Å². The first-order chi connectivity index (χ1) is 6.77. The second-order valence-corrected chi connectivity index (χ2v) is 4.53. The normalized spacial score (nSPS) is 14.5. The lowest BCUT2D eigenvalue weighted by Crippen LogP contribution is -2.02. The van der Waals surface area contributed by atoms with Gasteiger partial charge in [0.15, 0.2) is 0 Å². The molecule has 0 heteroatoms. The third-order valence-corrected chi connectivity index (χ3v) is 2.78. The minimum Gasteiger partial charge on any atom is -0.0836 e. The maximum atomic E-state index is 2.30. The number of allylic oxidation sites excluding steroid dienone is 1. The predicted molar refractivity (Wildman–Crippen MR) is 62.3 cm³/mol. The summed E-state index contributed by atoms with van der Waals surface area (Å²) in [6, 6.07) is 6.74. The molecule has 0 atom stereocenters. The van der Waals surface area contributed by atoms with Crippen molar-refractivity contribution in [3.05, 3.63) is 41.0 Å². The molecule has 0 saturated carbocycles. The lowest BCUT2D eigenvalue weighted by Gasteiger charge is -2.16. The van der Waals surface area contributed by atoms with Crippen LogP contribution in [0.15, 0.2) is 24.3 Å². The van der Waals surface area contributed by atoms with E-state index in [2.05, 4.69) is 44.2 Å². The average Bonchev–Trinajstić information content (AvgIpc) is 2.18. The standard InChI is InChI=1S/C14H18/c1-11(2)10-13-8-5-7-12-6-3-4-9-14(12)13/h4-5,7-9,11H,3,6,10H2,1-2H3. The fourth-order valence-electron chi connectivity index (χ4n) is 2.16. The molecule has 1 aromatic carbocycles. The molecule has 74 valence electrons. The number of rotatable bonds is 2. The molecule has 0 aliphatic heterocycles. The molecule has 0 unspecified atom stereocenters. The number of hydrogen-bond donors (Lipinski definition) is 0. The van der Waals surface area contributed by atoms with E-state index in [0.717, 1.165) is 5.92 Å². The molecule has 1 aliphatic carbocycles. The number of hydrogen-bond acceptors (Lipinski definition) is 0. The molecule has 0 amide bonds. The molecular formula is C14H18. The summed E-state index contributed by atoms with van der Waals surface area (Å²) in [6.45, 7) is 4.57. The Morgan fingerprint density at radius 3 is 2.93 bits per heavy atom. The second kappa shape index (κ2) is 4.00. The number of benzene rings is 1. The SMILES string of the molecule is CC(C)Cc1cccc2c1C=CCC2. The van der Waals surface area contributed by atoms with Gasteiger partial charge in [-0.05, 0) is 41.9 Å². The average molecular weight is 186 g/mol. The van der Waals surface area contributed by atoms with Crippen molar-refractivity contribution in [3.63, 3.8) is 0 Å². The summed E-state index contributed by atoms with van der Waals surface area (Å²) in [6.07, 6.45) is 8.23. The minimum atomic E-state index is 0.747. The van der Waals surface area contributed by atoms with Crippen LogP contribution in [0.1, 0.15) is 37.0 Å². The molecule has 2 rings (SSSR count). The summed E-state index contributed by atoms with van der Waals surface area (Å²) >= 11 is 0. The van der Waals surface area contributed by atoms with E-state index < -0.39 is 0 Å². The molecule has 0 fully saturated rings. The van der Waals surface area contributed by atoms with Gasteiger partial charge in [-0.25, -0.2) is 0 Å². The fraction of sp³-hybridized carbons (Fsp3) is 0.429. The van der Waals surface area contributed by atoms with E-state index in [0.29, 0.717) is 0 Å². The van der Waals surface area contributed by atoms with Crippen LogP contribution in [0.2, 0.25) is 0 Å². The van der Waals surface area contributed by atoms with Gasteiger partial charge in [-0.1, -0.05) is 44.2 Å². The third kappa shape index (κ3) is 1.89. The van der Waals surface area contributed by atoms with E-state index in [1.807, 2.05) is 0 Å². The van der Waals surface area contributed by atoms with Crippen LogP contribution in [0.25, 0.3) is 6.08 Å². The zero-order chi connectivity index (χ0) is 9.97. The van der Waals surface area contributed by atoms with Crippen molar-refractivity contribution in [2.45, 2.75) is 33.1 Å². The maximum absolute atomic E-state index is 2.30. The van der Waals surface area contributed by atoms with E-state index in [1.165, 1.54) is 36.0 Å². The monoisotopic (exact) mass is 186 g/mol. The van der Waals surface area contributed by atoms with Crippen molar-refractivity contribution >= 4 is 6.08 Å². The Labute approximate surface area is 86.7 Å². The Morgan fingerprint density at radius 2 is 2.14 bits per heavy atom. The first-order valence-electron chi connectivity index (χ1n) is 5.54. The first-order valence-corrected chi connectivity index (χ1v) is 5.54.